The van der Waals surface area contributed by atoms with Crippen LogP contribution in [0.3, 0.4) is 0 Å². The summed E-state index contributed by atoms with van der Waals surface area (Å²) in [6.45, 7) is 0. The van der Waals surface area contributed by atoms with Crippen molar-refractivity contribution in [2.24, 2.45) is 0 Å². The molecule has 0 unspecified atom stereocenters. The Morgan fingerprint density at radius 1 is 0.400 bits per heavy atom. The first-order valence-electron chi connectivity index (χ1n) is 15.1. The number of fused-ring (bicyclic) bond motifs is 6. The minimum Gasteiger partial charge on any atom is -0.309 e. The van der Waals surface area contributed by atoms with E-state index in [1.807, 2.05) is 11.3 Å². The molecule has 0 amide bonds. The van der Waals surface area contributed by atoms with Gasteiger partial charge in [-0.05, 0) is 88.0 Å². The lowest BCUT2D eigenvalue weighted by atomic mass is 9.94. The third-order valence-corrected chi connectivity index (χ3v) is 10.6. The Balaban J connectivity index is 1.26. The van der Waals surface area contributed by atoms with E-state index in [1.54, 1.807) is 0 Å². The Kier molecular flexibility index (Phi) is 6.22. The normalized spacial score (nSPS) is 11.7. The number of halogens is 1. The van der Waals surface area contributed by atoms with E-state index in [1.165, 1.54) is 75.4 Å². The largest absolute Gasteiger partial charge is 0.309 e. The molecule has 9 aromatic rings. The van der Waals surface area contributed by atoms with Crippen LogP contribution >= 0.6 is 27.3 Å². The van der Waals surface area contributed by atoms with Gasteiger partial charge in [-0.15, -0.1) is 11.3 Å². The lowest BCUT2D eigenvalue weighted by Crippen LogP contribution is -1.94. The first kappa shape index (κ1) is 26.4. The van der Waals surface area contributed by atoms with Gasteiger partial charge in [0.15, 0.2) is 0 Å². The standard InChI is InChI=1S/C42H26BrNS/c43-31-19-14-27(15-20-31)33-10-4-5-11-34(33)30-17-22-36-35-21-16-29(25-39(35)44(40(36)26-30)32-8-2-1-3-9-32)28-18-23-42-38(24-28)37-12-6-7-13-41(37)45-42/h1-26H. The number of aromatic nitrogens is 1. The second-order valence-corrected chi connectivity index (χ2v) is 13.5. The van der Waals surface area contributed by atoms with Crippen LogP contribution in [0.1, 0.15) is 0 Å². The Morgan fingerprint density at radius 3 is 1.73 bits per heavy atom. The highest BCUT2D eigenvalue weighted by Gasteiger charge is 2.16. The molecular weight excluding hydrogens is 630 g/mol. The van der Waals surface area contributed by atoms with E-state index in [0.29, 0.717) is 0 Å². The molecule has 0 saturated heterocycles. The lowest BCUT2D eigenvalue weighted by Gasteiger charge is -2.12. The van der Waals surface area contributed by atoms with E-state index in [9.17, 15) is 0 Å². The zero-order chi connectivity index (χ0) is 29.9. The highest BCUT2D eigenvalue weighted by atomic mass is 79.9. The third-order valence-electron chi connectivity index (χ3n) is 8.89. The molecule has 0 saturated carbocycles. The van der Waals surface area contributed by atoms with E-state index < -0.39 is 0 Å². The average molecular weight is 657 g/mol. The molecule has 3 heteroatoms. The second kappa shape index (κ2) is 10.6. The van der Waals surface area contributed by atoms with Crippen molar-refractivity contribution in [1.82, 2.24) is 4.57 Å². The van der Waals surface area contributed by atoms with Crippen molar-refractivity contribution < 1.29 is 0 Å². The molecule has 2 heterocycles. The van der Waals surface area contributed by atoms with Crippen molar-refractivity contribution in [3.05, 3.63) is 162 Å². The summed E-state index contributed by atoms with van der Waals surface area (Å²) in [6, 6.07) is 57.6. The molecule has 0 N–H and O–H groups in total. The third kappa shape index (κ3) is 4.42. The van der Waals surface area contributed by atoms with Crippen LogP contribution in [0, 0.1) is 0 Å². The summed E-state index contributed by atoms with van der Waals surface area (Å²) in [6.07, 6.45) is 0. The van der Waals surface area contributed by atoms with Crippen molar-refractivity contribution in [3.63, 3.8) is 0 Å². The number of thiophene rings is 1. The summed E-state index contributed by atoms with van der Waals surface area (Å²) in [5.41, 5.74) is 10.9. The molecule has 2 aromatic heterocycles. The van der Waals surface area contributed by atoms with E-state index in [2.05, 4.69) is 178 Å². The van der Waals surface area contributed by atoms with Crippen LogP contribution in [-0.2, 0) is 0 Å². The van der Waals surface area contributed by atoms with Crippen LogP contribution in [-0.4, -0.2) is 4.57 Å². The first-order valence-corrected chi connectivity index (χ1v) is 16.7. The molecule has 0 radical (unpaired) electrons. The number of rotatable bonds is 4. The molecule has 7 aromatic carbocycles. The van der Waals surface area contributed by atoms with Crippen molar-refractivity contribution in [1.29, 1.82) is 0 Å². The molecule has 0 aliphatic rings. The molecule has 1 nitrogen and oxygen atoms in total. The molecule has 0 bridgehead atoms. The van der Waals surface area contributed by atoms with Crippen molar-refractivity contribution >= 4 is 69.2 Å². The number of benzene rings is 7. The van der Waals surface area contributed by atoms with Gasteiger partial charge < -0.3 is 4.57 Å². The Morgan fingerprint density at radius 2 is 0.956 bits per heavy atom. The van der Waals surface area contributed by atoms with Crippen LogP contribution in [0.4, 0.5) is 0 Å². The molecule has 45 heavy (non-hydrogen) atoms. The number of para-hydroxylation sites is 1. The van der Waals surface area contributed by atoms with E-state index in [4.69, 9.17) is 0 Å². The Hall–Kier alpha value is -4.96. The van der Waals surface area contributed by atoms with Crippen molar-refractivity contribution in [3.8, 4) is 39.1 Å². The number of nitrogens with zero attached hydrogens (tertiary/aromatic N) is 1. The lowest BCUT2D eigenvalue weighted by molar-refractivity contribution is 1.18. The molecule has 212 valence electrons. The van der Waals surface area contributed by atoms with Crippen LogP contribution in [0.2, 0.25) is 0 Å². The first-order chi connectivity index (χ1) is 22.2. The molecular formula is C42H26BrNS. The summed E-state index contributed by atoms with van der Waals surface area (Å²) in [5.74, 6) is 0. The SMILES string of the molecule is Brc1ccc(-c2ccccc2-c2ccc3c4ccc(-c5ccc6sc7ccccc7c6c5)cc4n(-c4ccccc4)c3c2)cc1. The molecule has 9 rings (SSSR count). The fraction of sp³-hybridized carbons (Fsp3) is 0. The number of hydrogen-bond acceptors (Lipinski definition) is 1. The molecule has 0 spiro atoms. The van der Waals surface area contributed by atoms with Gasteiger partial charge >= 0.3 is 0 Å². The topological polar surface area (TPSA) is 4.93 Å². The smallest absolute Gasteiger partial charge is 0.0547 e. The molecule has 0 atom stereocenters. The number of hydrogen-bond donors (Lipinski definition) is 0. The zero-order valence-electron chi connectivity index (χ0n) is 24.2. The van der Waals surface area contributed by atoms with E-state index >= 15 is 0 Å². The average Bonchev–Trinajstić information content (AvgIpc) is 3.63. The zero-order valence-corrected chi connectivity index (χ0v) is 26.6. The molecule has 0 aliphatic carbocycles. The Bertz CT molecular complexity index is 2540. The predicted molar refractivity (Wildman–Crippen MR) is 198 cm³/mol. The monoisotopic (exact) mass is 655 g/mol. The van der Waals surface area contributed by atoms with Gasteiger partial charge in [-0.25, -0.2) is 0 Å². The highest BCUT2D eigenvalue weighted by Crippen LogP contribution is 2.41. The van der Waals surface area contributed by atoms with Gasteiger partial charge in [-0.3, -0.25) is 0 Å². The molecule has 0 fully saturated rings. The summed E-state index contributed by atoms with van der Waals surface area (Å²) >= 11 is 5.46. The van der Waals surface area contributed by atoms with Gasteiger partial charge in [0, 0.05) is 41.1 Å². The highest BCUT2D eigenvalue weighted by molar-refractivity contribution is 9.10. The Labute approximate surface area is 273 Å². The van der Waals surface area contributed by atoms with Gasteiger partial charge in [0.1, 0.15) is 0 Å². The minimum absolute atomic E-state index is 1.08. The summed E-state index contributed by atoms with van der Waals surface area (Å²) in [5, 5.41) is 5.16. The quantitative estimate of drug-likeness (QED) is 0.178. The second-order valence-electron chi connectivity index (χ2n) is 11.5. The van der Waals surface area contributed by atoms with Crippen LogP contribution in [0.25, 0.3) is 81.0 Å². The maximum atomic E-state index is 3.59. The van der Waals surface area contributed by atoms with Gasteiger partial charge in [0.2, 0.25) is 0 Å². The molecule has 0 aliphatic heterocycles. The van der Waals surface area contributed by atoms with Gasteiger partial charge in [0.25, 0.3) is 0 Å². The fourth-order valence-electron chi connectivity index (χ4n) is 6.74. The van der Waals surface area contributed by atoms with E-state index in [0.717, 1.165) is 10.2 Å². The van der Waals surface area contributed by atoms with Crippen LogP contribution < -0.4 is 0 Å². The van der Waals surface area contributed by atoms with Gasteiger partial charge in [-0.2, -0.15) is 0 Å². The minimum atomic E-state index is 1.08. The van der Waals surface area contributed by atoms with Crippen molar-refractivity contribution in [2.75, 3.05) is 0 Å². The predicted octanol–water partition coefficient (Wildman–Crippen LogP) is 12.9. The van der Waals surface area contributed by atoms with Gasteiger partial charge in [0.05, 0.1) is 11.0 Å². The van der Waals surface area contributed by atoms with Crippen LogP contribution in [0.5, 0.6) is 0 Å². The summed E-state index contributed by atoms with van der Waals surface area (Å²) in [4.78, 5) is 0. The van der Waals surface area contributed by atoms with Crippen LogP contribution in [0.15, 0.2) is 162 Å². The fourth-order valence-corrected chi connectivity index (χ4v) is 8.09. The van der Waals surface area contributed by atoms with Crippen molar-refractivity contribution in [2.45, 2.75) is 0 Å². The maximum absolute atomic E-state index is 3.59. The van der Waals surface area contributed by atoms with Gasteiger partial charge in [-0.1, -0.05) is 119 Å². The maximum Gasteiger partial charge on any atom is 0.0547 e. The summed E-state index contributed by atoms with van der Waals surface area (Å²) in [7, 11) is 0. The summed E-state index contributed by atoms with van der Waals surface area (Å²) < 4.78 is 6.18. The van der Waals surface area contributed by atoms with E-state index in [-0.39, 0.29) is 0 Å².